The number of hydrogen-bond donors (Lipinski definition) is 2. The summed E-state index contributed by atoms with van der Waals surface area (Å²) in [6.45, 7) is 1.23. The van der Waals surface area contributed by atoms with Crippen LogP contribution in [0.3, 0.4) is 0 Å². The second-order valence-electron chi connectivity index (χ2n) is 5.78. The van der Waals surface area contributed by atoms with Gasteiger partial charge < -0.3 is 11.1 Å². The zero-order valence-electron chi connectivity index (χ0n) is 12.5. The summed E-state index contributed by atoms with van der Waals surface area (Å²) < 4.78 is 13.5. The van der Waals surface area contributed by atoms with E-state index in [4.69, 9.17) is 5.73 Å². The van der Waals surface area contributed by atoms with E-state index < -0.39 is 0 Å². The highest BCUT2D eigenvalue weighted by Crippen LogP contribution is 2.28. The lowest BCUT2D eigenvalue weighted by Gasteiger charge is -2.28. The molecule has 1 aliphatic rings. The van der Waals surface area contributed by atoms with Gasteiger partial charge >= 0.3 is 0 Å². The van der Waals surface area contributed by atoms with E-state index >= 15 is 0 Å². The Morgan fingerprint density at radius 3 is 2.90 bits per heavy atom. The zero-order valence-corrected chi connectivity index (χ0v) is 12.5. The molecule has 0 bridgehead atoms. The van der Waals surface area contributed by atoms with Crippen molar-refractivity contribution < 1.29 is 9.18 Å². The molecule has 0 aliphatic heterocycles. The highest BCUT2D eigenvalue weighted by molar-refractivity contribution is 5.78. The van der Waals surface area contributed by atoms with Crippen LogP contribution in [0.25, 0.3) is 0 Å². The summed E-state index contributed by atoms with van der Waals surface area (Å²) in [7, 11) is 1.96. The van der Waals surface area contributed by atoms with E-state index in [2.05, 4.69) is 10.2 Å². The van der Waals surface area contributed by atoms with Crippen LogP contribution in [0, 0.1) is 11.7 Å². The van der Waals surface area contributed by atoms with Crippen LogP contribution in [0.15, 0.2) is 24.3 Å². The van der Waals surface area contributed by atoms with Crippen molar-refractivity contribution in [1.29, 1.82) is 0 Å². The topological polar surface area (TPSA) is 58.4 Å². The summed E-state index contributed by atoms with van der Waals surface area (Å²) in [6, 6.07) is 6.87. The van der Waals surface area contributed by atoms with Crippen molar-refractivity contribution in [2.45, 2.75) is 31.8 Å². The van der Waals surface area contributed by atoms with E-state index in [0.29, 0.717) is 30.6 Å². The van der Waals surface area contributed by atoms with Gasteiger partial charge in [0.1, 0.15) is 5.82 Å². The summed E-state index contributed by atoms with van der Waals surface area (Å²) >= 11 is 0. The largest absolute Gasteiger partial charge is 0.351 e. The van der Waals surface area contributed by atoms with Crippen LogP contribution in [-0.4, -0.2) is 37.0 Å². The Bertz CT molecular complexity index is 480. The quantitative estimate of drug-likeness (QED) is 0.835. The van der Waals surface area contributed by atoms with E-state index in [1.807, 2.05) is 7.05 Å². The molecule has 3 N–H and O–H groups in total. The maximum absolute atomic E-state index is 13.5. The average Bonchev–Trinajstić information content (AvgIpc) is 2.95. The highest BCUT2D eigenvalue weighted by atomic mass is 19.1. The Kier molecular flexibility index (Phi) is 5.70. The molecule has 1 aliphatic carbocycles. The van der Waals surface area contributed by atoms with Crippen LogP contribution in [0.5, 0.6) is 0 Å². The molecule has 1 saturated carbocycles. The number of halogens is 1. The highest BCUT2D eigenvalue weighted by Gasteiger charge is 2.29. The predicted molar refractivity (Wildman–Crippen MR) is 81.1 cm³/mol. The third kappa shape index (κ3) is 4.25. The van der Waals surface area contributed by atoms with Crippen molar-refractivity contribution in [2.75, 3.05) is 20.1 Å². The van der Waals surface area contributed by atoms with Crippen LogP contribution in [0.1, 0.15) is 24.8 Å². The number of benzene rings is 1. The zero-order chi connectivity index (χ0) is 15.2. The average molecular weight is 293 g/mol. The number of amides is 1. The Morgan fingerprint density at radius 1 is 1.43 bits per heavy atom. The molecule has 116 valence electrons. The molecule has 2 rings (SSSR count). The minimum Gasteiger partial charge on any atom is -0.351 e. The van der Waals surface area contributed by atoms with Crippen LogP contribution in [-0.2, 0) is 11.3 Å². The van der Waals surface area contributed by atoms with E-state index in [1.165, 1.54) is 12.5 Å². The first kappa shape index (κ1) is 15.9. The number of nitrogens with zero attached hydrogens (tertiary/aromatic N) is 1. The van der Waals surface area contributed by atoms with Crippen molar-refractivity contribution in [3.8, 4) is 0 Å². The van der Waals surface area contributed by atoms with Crippen molar-refractivity contribution >= 4 is 5.91 Å². The van der Waals surface area contributed by atoms with E-state index in [9.17, 15) is 9.18 Å². The van der Waals surface area contributed by atoms with Gasteiger partial charge in [0.05, 0.1) is 6.54 Å². The summed E-state index contributed by atoms with van der Waals surface area (Å²) in [5.74, 6) is 0.114. The van der Waals surface area contributed by atoms with Gasteiger partial charge in [0.2, 0.25) is 5.91 Å². The molecule has 1 aromatic rings. The van der Waals surface area contributed by atoms with Crippen LogP contribution < -0.4 is 11.1 Å². The van der Waals surface area contributed by atoms with E-state index in [-0.39, 0.29) is 18.3 Å². The molecule has 1 fully saturated rings. The molecule has 0 radical (unpaired) electrons. The van der Waals surface area contributed by atoms with Crippen LogP contribution in [0.2, 0.25) is 0 Å². The number of hydrogen-bond acceptors (Lipinski definition) is 3. The molecule has 2 unspecified atom stereocenters. The van der Waals surface area contributed by atoms with Gasteiger partial charge in [-0.3, -0.25) is 9.69 Å². The summed E-state index contributed by atoms with van der Waals surface area (Å²) in [4.78, 5) is 14.1. The fourth-order valence-electron chi connectivity index (χ4n) is 3.11. The second kappa shape index (κ2) is 7.52. The van der Waals surface area contributed by atoms with Gasteiger partial charge in [0.15, 0.2) is 0 Å². The van der Waals surface area contributed by atoms with Gasteiger partial charge in [-0.05, 0) is 38.4 Å². The van der Waals surface area contributed by atoms with E-state index in [1.54, 1.807) is 18.2 Å². The summed E-state index contributed by atoms with van der Waals surface area (Å²) in [6.07, 6.45) is 3.41. The minimum atomic E-state index is -0.287. The molecule has 0 aromatic heterocycles. The monoisotopic (exact) mass is 293 g/mol. The fourth-order valence-corrected chi connectivity index (χ4v) is 3.11. The maximum atomic E-state index is 13.5. The predicted octanol–water partition coefficient (Wildman–Crippen LogP) is 1.50. The summed E-state index contributed by atoms with van der Waals surface area (Å²) in [5, 5.41) is 2.78. The Morgan fingerprint density at radius 2 is 2.19 bits per heavy atom. The smallest absolute Gasteiger partial charge is 0.234 e. The first-order chi connectivity index (χ1) is 10.1. The van der Waals surface area contributed by atoms with Crippen molar-refractivity contribution in [3.05, 3.63) is 35.6 Å². The Labute approximate surface area is 125 Å². The number of nitrogens with two attached hydrogens (primary N) is 1. The molecular formula is C16H24FN3O. The maximum Gasteiger partial charge on any atom is 0.234 e. The van der Waals surface area contributed by atoms with Gasteiger partial charge in [-0.15, -0.1) is 0 Å². The Balaban J connectivity index is 1.80. The molecule has 1 amide bonds. The first-order valence-corrected chi connectivity index (χ1v) is 7.52. The van der Waals surface area contributed by atoms with Gasteiger partial charge in [0.25, 0.3) is 0 Å². The molecule has 4 nitrogen and oxygen atoms in total. The van der Waals surface area contributed by atoms with Gasteiger partial charge in [-0.25, -0.2) is 4.39 Å². The molecule has 2 atom stereocenters. The van der Waals surface area contributed by atoms with Gasteiger partial charge in [-0.2, -0.15) is 0 Å². The van der Waals surface area contributed by atoms with Crippen molar-refractivity contribution in [2.24, 2.45) is 11.7 Å². The lowest BCUT2D eigenvalue weighted by atomic mass is 10.0. The molecule has 0 spiro atoms. The molecule has 0 heterocycles. The SMILES string of the molecule is CN(CC(=O)NCc1ccccc1F)C1CCCC1CN. The van der Waals surface area contributed by atoms with E-state index in [0.717, 1.165) is 12.8 Å². The standard InChI is InChI=1S/C16H24FN3O/c1-20(15-8-4-6-12(15)9-18)11-16(21)19-10-13-5-2-3-7-14(13)17/h2-3,5,7,12,15H,4,6,8-11,18H2,1H3,(H,19,21). The number of nitrogens with one attached hydrogen (secondary N) is 1. The lowest BCUT2D eigenvalue weighted by Crippen LogP contribution is -2.43. The molecular weight excluding hydrogens is 269 g/mol. The third-order valence-electron chi connectivity index (χ3n) is 4.31. The van der Waals surface area contributed by atoms with Crippen molar-refractivity contribution in [1.82, 2.24) is 10.2 Å². The number of carbonyl (C=O) groups excluding carboxylic acids is 1. The number of carbonyl (C=O) groups is 1. The second-order valence-corrected chi connectivity index (χ2v) is 5.78. The minimum absolute atomic E-state index is 0.0802. The third-order valence-corrected chi connectivity index (χ3v) is 4.31. The molecule has 0 saturated heterocycles. The van der Waals surface area contributed by atoms with Gasteiger partial charge in [0, 0.05) is 18.2 Å². The first-order valence-electron chi connectivity index (χ1n) is 7.52. The Hall–Kier alpha value is -1.46. The summed E-state index contributed by atoms with van der Waals surface area (Å²) in [5.41, 5.74) is 6.28. The fraction of sp³-hybridized carbons (Fsp3) is 0.562. The number of likely N-dealkylation sites (N-methyl/N-ethyl adjacent to an activating group) is 1. The van der Waals surface area contributed by atoms with Gasteiger partial charge in [-0.1, -0.05) is 24.6 Å². The molecule has 21 heavy (non-hydrogen) atoms. The lowest BCUT2D eigenvalue weighted by molar-refractivity contribution is -0.122. The normalized spacial score (nSPS) is 21.7. The number of rotatable bonds is 6. The van der Waals surface area contributed by atoms with Crippen LogP contribution in [0.4, 0.5) is 4.39 Å². The molecule has 5 heteroatoms. The van der Waals surface area contributed by atoms with Crippen LogP contribution >= 0.6 is 0 Å². The molecule has 1 aromatic carbocycles. The van der Waals surface area contributed by atoms with Crippen molar-refractivity contribution in [3.63, 3.8) is 0 Å².